The van der Waals surface area contributed by atoms with Crippen molar-refractivity contribution < 1.29 is 4.84 Å². The minimum absolute atomic E-state index is 0.611. The first-order valence-electron chi connectivity index (χ1n) is 6.07. The van der Waals surface area contributed by atoms with Crippen molar-refractivity contribution in [2.75, 3.05) is 26.1 Å². The maximum atomic E-state index is 4.84. The van der Waals surface area contributed by atoms with E-state index in [4.69, 9.17) is 4.84 Å². The molecule has 0 spiro atoms. The van der Waals surface area contributed by atoms with Gasteiger partial charge in [-0.2, -0.15) is 0 Å². The van der Waals surface area contributed by atoms with Gasteiger partial charge in [-0.25, -0.2) is 0 Å². The van der Waals surface area contributed by atoms with Gasteiger partial charge in [-0.15, -0.1) is 0 Å². The molecule has 1 fully saturated rings. The molecule has 0 bridgehead atoms. The number of benzene rings is 1. The van der Waals surface area contributed by atoms with Crippen molar-refractivity contribution in [1.82, 2.24) is 0 Å². The standard InChI is InChI=1S/C14H20N2O/c1-16(2)14-8-5-11(6-9-14)12-4-7-13(10-12)15-17-3/h5-6,8-9,12H,4,7,10H2,1-3H3/t12-/m0/s1. The average Bonchev–Trinajstić information content (AvgIpc) is 2.78. The van der Waals surface area contributed by atoms with Crippen LogP contribution in [0.4, 0.5) is 5.69 Å². The molecule has 0 aliphatic heterocycles. The Morgan fingerprint density at radius 2 is 1.94 bits per heavy atom. The molecular formula is C14H20N2O. The van der Waals surface area contributed by atoms with E-state index in [-0.39, 0.29) is 0 Å². The highest BCUT2D eigenvalue weighted by atomic mass is 16.6. The zero-order valence-electron chi connectivity index (χ0n) is 10.8. The van der Waals surface area contributed by atoms with E-state index in [0.717, 1.165) is 12.8 Å². The van der Waals surface area contributed by atoms with Gasteiger partial charge in [0.15, 0.2) is 0 Å². The quantitative estimate of drug-likeness (QED) is 0.748. The van der Waals surface area contributed by atoms with Gasteiger partial charge < -0.3 is 9.74 Å². The first-order chi connectivity index (χ1) is 8.20. The van der Waals surface area contributed by atoms with E-state index in [1.807, 2.05) is 0 Å². The summed E-state index contributed by atoms with van der Waals surface area (Å²) in [5.41, 5.74) is 3.85. The third-order valence-electron chi connectivity index (χ3n) is 3.36. The Labute approximate surface area is 103 Å². The summed E-state index contributed by atoms with van der Waals surface area (Å²) in [5, 5.41) is 4.05. The summed E-state index contributed by atoms with van der Waals surface area (Å²) < 4.78 is 0. The molecule has 3 heteroatoms. The molecule has 92 valence electrons. The Bertz CT molecular complexity index is 395. The van der Waals surface area contributed by atoms with Gasteiger partial charge >= 0.3 is 0 Å². The Kier molecular flexibility index (Phi) is 3.67. The minimum atomic E-state index is 0.611. The van der Waals surface area contributed by atoms with Gasteiger partial charge in [0.1, 0.15) is 7.11 Å². The maximum absolute atomic E-state index is 4.84. The van der Waals surface area contributed by atoms with Crippen molar-refractivity contribution in [2.24, 2.45) is 5.16 Å². The van der Waals surface area contributed by atoms with Gasteiger partial charge in [-0.05, 0) is 42.9 Å². The highest BCUT2D eigenvalue weighted by Crippen LogP contribution is 2.33. The van der Waals surface area contributed by atoms with Crippen molar-refractivity contribution in [1.29, 1.82) is 0 Å². The lowest BCUT2D eigenvalue weighted by atomic mass is 9.97. The van der Waals surface area contributed by atoms with E-state index in [1.165, 1.54) is 23.4 Å². The first-order valence-corrected chi connectivity index (χ1v) is 6.07. The molecule has 1 aromatic carbocycles. The summed E-state index contributed by atoms with van der Waals surface area (Å²) in [7, 11) is 5.74. The molecule has 1 aromatic rings. The highest BCUT2D eigenvalue weighted by molar-refractivity contribution is 5.86. The molecule has 0 radical (unpaired) electrons. The zero-order chi connectivity index (χ0) is 12.3. The van der Waals surface area contributed by atoms with E-state index in [1.54, 1.807) is 7.11 Å². The molecule has 3 nitrogen and oxygen atoms in total. The van der Waals surface area contributed by atoms with E-state index in [9.17, 15) is 0 Å². The summed E-state index contributed by atoms with van der Waals surface area (Å²) in [6, 6.07) is 8.83. The Balaban J connectivity index is 2.06. The van der Waals surface area contributed by atoms with Gasteiger partial charge in [0, 0.05) is 19.8 Å². The van der Waals surface area contributed by atoms with Gasteiger partial charge in [-0.1, -0.05) is 17.3 Å². The van der Waals surface area contributed by atoms with Crippen LogP contribution in [0.3, 0.4) is 0 Å². The Hall–Kier alpha value is -1.51. The second-order valence-corrected chi connectivity index (χ2v) is 4.77. The fourth-order valence-corrected chi connectivity index (χ4v) is 2.37. The van der Waals surface area contributed by atoms with Crippen molar-refractivity contribution in [2.45, 2.75) is 25.2 Å². The number of oxime groups is 1. The van der Waals surface area contributed by atoms with Crippen LogP contribution in [-0.4, -0.2) is 26.9 Å². The van der Waals surface area contributed by atoms with E-state index < -0.39 is 0 Å². The molecule has 1 saturated carbocycles. The second-order valence-electron chi connectivity index (χ2n) is 4.77. The fourth-order valence-electron chi connectivity index (χ4n) is 2.37. The molecule has 1 aliphatic rings. The molecule has 0 heterocycles. The molecule has 0 N–H and O–H groups in total. The van der Waals surface area contributed by atoms with Gasteiger partial charge in [0.2, 0.25) is 0 Å². The molecule has 0 aromatic heterocycles. The predicted octanol–water partition coefficient (Wildman–Crippen LogP) is 3.02. The summed E-state index contributed by atoms with van der Waals surface area (Å²) in [5.74, 6) is 0.611. The largest absolute Gasteiger partial charge is 0.399 e. The van der Waals surface area contributed by atoms with Crippen LogP contribution in [0, 0.1) is 0 Å². The van der Waals surface area contributed by atoms with Crippen LogP contribution in [0.2, 0.25) is 0 Å². The van der Waals surface area contributed by atoms with E-state index >= 15 is 0 Å². The number of rotatable bonds is 3. The van der Waals surface area contributed by atoms with E-state index in [2.05, 4.69) is 48.4 Å². The number of hydrogen-bond acceptors (Lipinski definition) is 3. The highest BCUT2D eigenvalue weighted by Gasteiger charge is 2.22. The summed E-state index contributed by atoms with van der Waals surface area (Å²) in [6.45, 7) is 0. The third-order valence-corrected chi connectivity index (χ3v) is 3.36. The number of anilines is 1. The maximum Gasteiger partial charge on any atom is 0.106 e. The number of hydrogen-bond donors (Lipinski definition) is 0. The molecule has 0 saturated heterocycles. The predicted molar refractivity (Wildman–Crippen MR) is 71.8 cm³/mol. The van der Waals surface area contributed by atoms with Gasteiger partial charge in [0.25, 0.3) is 0 Å². The smallest absolute Gasteiger partial charge is 0.106 e. The lowest BCUT2D eigenvalue weighted by Gasteiger charge is -2.14. The monoisotopic (exact) mass is 232 g/mol. The van der Waals surface area contributed by atoms with Crippen LogP contribution in [-0.2, 0) is 4.84 Å². The van der Waals surface area contributed by atoms with Crippen LogP contribution >= 0.6 is 0 Å². The van der Waals surface area contributed by atoms with Gasteiger partial charge in [0.05, 0.1) is 5.71 Å². The normalized spacial score (nSPS) is 21.8. The van der Waals surface area contributed by atoms with Crippen molar-refractivity contribution in [3.05, 3.63) is 29.8 Å². The average molecular weight is 232 g/mol. The molecule has 1 aliphatic carbocycles. The lowest BCUT2D eigenvalue weighted by molar-refractivity contribution is 0.212. The molecule has 0 amide bonds. The van der Waals surface area contributed by atoms with E-state index in [0.29, 0.717) is 5.92 Å². The van der Waals surface area contributed by atoms with Crippen LogP contribution in [0.25, 0.3) is 0 Å². The topological polar surface area (TPSA) is 24.8 Å². The Morgan fingerprint density at radius 1 is 1.24 bits per heavy atom. The summed E-state index contributed by atoms with van der Waals surface area (Å²) >= 11 is 0. The van der Waals surface area contributed by atoms with Crippen LogP contribution in [0.1, 0.15) is 30.7 Å². The van der Waals surface area contributed by atoms with Crippen LogP contribution < -0.4 is 4.90 Å². The lowest BCUT2D eigenvalue weighted by Crippen LogP contribution is -2.08. The SMILES string of the molecule is CON=C1CC[C@H](c2ccc(N(C)C)cc2)C1. The van der Waals surface area contributed by atoms with Crippen molar-refractivity contribution in [3.63, 3.8) is 0 Å². The van der Waals surface area contributed by atoms with Crippen molar-refractivity contribution in [3.8, 4) is 0 Å². The van der Waals surface area contributed by atoms with Crippen LogP contribution in [0.5, 0.6) is 0 Å². The Morgan fingerprint density at radius 3 is 2.53 bits per heavy atom. The summed E-state index contributed by atoms with van der Waals surface area (Å²) in [6.07, 6.45) is 3.28. The summed E-state index contributed by atoms with van der Waals surface area (Å²) in [4.78, 5) is 6.96. The van der Waals surface area contributed by atoms with Crippen LogP contribution in [0.15, 0.2) is 29.4 Å². The van der Waals surface area contributed by atoms with Gasteiger partial charge in [-0.3, -0.25) is 0 Å². The second kappa shape index (κ2) is 5.21. The minimum Gasteiger partial charge on any atom is -0.399 e. The number of nitrogens with zero attached hydrogens (tertiary/aromatic N) is 2. The molecule has 1 atom stereocenters. The zero-order valence-corrected chi connectivity index (χ0v) is 10.8. The first kappa shape index (κ1) is 12.0. The molecular weight excluding hydrogens is 212 g/mol. The fraction of sp³-hybridized carbons (Fsp3) is 0.500. The van der Waals surface area contributed by atoms with Crippen molar-refractivity contribution >= 4 is 11.4 Å². The molecule has 2 rings (SSSR count). The molecule has 0 unspecified atom stereocenters. The third kappa shape index (κ3) is 2.78. The molecule has 17 heavy (non-hydrogen) atoms.